The second-order valence-electron chi connectivity index (χ2n) is 6.32. The van der Waals surface area contributed by atoms with Gasteiger partial charge in [-0.05, 0) is 36.4 Å². The van der Waals surface area contributed by atoms with E-state index in [4.69, 9.17) is 0 Å². The van der Waals surface area contributed by atoms with E-state index in [2.05, 4.69) is 10.1 Å². The molecule has 0 aliphatic rings. The van der Waals surface area contributed by atoms with Crippen LogP contribution in [0.5, 0.6) is 0 Å². The van der Waals surface area contributed by atoms with Crippen LogP contribution in [0.3, 0.4) is 0 Å². The van der Waals surface area contributed by atoms with E-state index in [9.17, 15) is 31.2 Å². The first-order chi connectivity index (χ1) is 14.4. The zero-order chi connectivity index (χ0) is 23.4. The average molecular weight is 458 g/mol. The standard InChI is InChI=1S/C20H21F3N2O5S/c1-4-25(5-2)31(28,29)15-8-6-7-13(11-15)18(26)24-17-10-9-14(20(21,22)23)12-16(17)19(27)30-3/h6-12H,4-5H2,1-3H3,(H,24,26). The fourth-order valence-corrected chi connectivity index (χ4v) is 4.32. The number of methoxy groups -OCH3 is 1. The quantitative estimate of drug-likeness (QED) is 0.638. The third-order valence-corrected chi connectivity index (χ3v) is 6.49. The minimum Gasteiger partial charge on any atom is -0.465 e. The molecule has 0 unspecified atom stereocenters. The lowest BCUT2D eigenvalue weighted by Gasteiger charge is -2.19. The molecule has 0 spiro atoms. The van der Waals surface area contributed by atoms with E-state index in [1.54, 1.807) is 13.8 Å². The summed E-state index contributed by atoms with van der Waals surface area (Å²) in [6.07, 6.45) is -4.70. The third kappa shape index (κ3) is 5.42. The number of nitrogens with zero attached hydrogens (tertiary/aromatic N) is 1. The Kier molecular flexibility index (Phi) is 7.45. The van der Waals surface area contributed by atoms with E-state index in [1.165, 1.54) is 22.5 Å². The van der Waals surface area contributed by atoms with Gasteiger partial charge in [-0.15, -0.1) is 0 Å². The third-order valence-electron chi connectivity index (χ3n) is 4.44. The molecule has 0 aliphatic heterocycles. The first-order valence-corrected chi connectivity index (χ1v) is 10.6. The Morgan fingerprint density at radius 2 is 1.71 bits per heavy atom. The van der Waals surface area contributed by atoms with Crippen molar-refractivity contribution in [1.29, 1.82) is 0 Å². The first kappa shape index (κ1) is 24.4. The van der Waals surface area contributed by atoms with Gasteiger partial charge in [0, 0.05) is 18.7 Å². The van der Waals surface area contributed by atoms with Crippen LogP contribution in [-0.4, -0.2) is 44.8 Å². The van der Waals surface area contributed by atoms with Gasteiger partial charge in [-0.1, -0.05) is 19.9 Å². The van der Waals surface area contributed by atoms with Crippen LogP contribution in [0.15, 0.2) is 47.4 Å². The van der Waals surface area contributed by atoms with Gasteiger partial charge < -0.3 is 10.1 Å². The number of carbonyl (C=O) groups excluding carboxylic acids is 2. The smallest absolute Gasteiger partial charge is 0.416 e. The molecule has 0 heterocycles. The lowest BCUT2D eigenvalue weighted by atomic mass is 10.1. The lowest BCUT2D eigenvalue weighted by Crippen LogP contribution is -2.30. The van der Waals surface area contributed by atoms with Crippen LogP contribution >= 0.6 is 0 Å². The van der Waals surface area contributed by atoms with Crippen molar-refractivity contribution in [3.8, 4) is 0 Å². The fraction of sp³-hybridized carbons (Fsp3) is 0.300. The number of esters is 1. The van der Waals surface area contributed by atoms with E-state index in [0.717, 1.165) is 19.2 Å². The molecule has 11 heteroatoms. The minimum absolute atomic E-state index is 0.0519. The number of hydrogen-bond donors (Lipinski definition) is 1. The van der Waals surface area contributed by atoms with Gasteiger partial charge >= 0.3 is 12.1 Å². The number of ether oxygens (including phenoxy) is 1. The van der Waals surface area contributed by atoms with Gasteiger partial charge in [-0.2, -0.15) is 17.5 Å². The van der Waals surface area contributed by atoms with Crippen molar-refractivity contribution in [3.05, 3.63) is 59.2 Å². The number of carbonyl (C=O) groups is 2. The molecule has 1 N–H and O–H groups in total. The molecule has 7 nitrogen and oxygen atoms in total. The summed E-state index contributed by atoms with van der Waals surface area (Å²) in [5.74, 6) is -1.87. The van der Waals surface area contributed by atoms with Crippen molar-refractivity contribution in [3.63, 3.8) is 0 Å². The molecule has 1 amide bonds. The molecule has 168 valence electrons. The van der Waals surface area contributed by atoms with Crippen molar-refractivity contribution >= 4 is 27.6 Å². The van der Waals surface area contributed by atoms with E-state index >= 15 is 0 Å². The Morgan fingerprint density at radius 1 is 1.06 bits per heavy atom. The second-order valence-corrected chi connectivity index (χ2v) is 8.26. The van der Waals surface area contributed by atoms with Crippen molar-refractivity contribution in [2.75, 3.05) is 25.5 Å². The maximum atomic E-state index is 13.0. The number of alkyl halides is 3. The summed E-state index contributed by atoms with van der Waals surface area (Å²) in [6, 6.07) is 7.43. The molecular weight excluding hydrogens is 437 g/mol. The van der Waals surface area contributed by atoms with E-state index in [1.807, 2.05) is 0 Å². The Bertz CT molecular complexity index is 1080. The van der Waals surface area contributed by atoms with Crippen molar-refractivity contribution in [2.45, 2.75) is 24.9 Å². The zero-order valence-corrected chi connectivity index (χ0v) is 17.8. The molecule has 0 aliphatic carbocycles. The van der Waals surface area contributed by atoms with Crippen molar-refractivity contribution in [2.24, 2.45) is 0 Å². The normalized spacial score (nSPS) is 12.0. The van der Waals surface area contributed by atoms with Gasteiger partial charge in [0.25, 0.3) is 5.91 Å². The Labute approximate surface area is 177 Å². The van der Waals surface area contributed by atoms with Crippen LogP contribution in [0.2, 0.25) is 0 Å². The van der Waals surface area contributed by atoms with Crippen LogP contribution < -0.4 is 5.32 Å². The van der Waals surface area contributed by atoms with E-state index in [0.29, 0.717) is 12.1 Å². The summed E-state index contributed by atoms with van der Waals surface area (Å²) in [5.41, 5.74) is -1.83. The molecule has 0 radical (unpaired) electrons. The fourth-order valence-electron chi connectivity index (χ4n) is 2.81. The van der Waals surface area contributed by atoms with Crippen LogP contribution in [0.4, 0.5) is 18.9 Å². The maximum absolute atomic E-state index is 13.0. The molecular formula is C20H21F3N2O5S. The summed E-state index contributed by atoms with van der Waals surface area (Å²) in [7, 11) is -2.83. The first-order valence-electron chi connectivity index (χ1n) is 9.16. The van der Waals surface area contributed by atoms with E-state index < -0.39 is 39.2 Å². The molecule has 0 bridgehead atoms. The molecule has 0 atom stereocenters. The highest BCUT2D eigenvalue weighted by molar-refractivity contribution is 7.89. The summed E-state index contributed by atoms with van der Waals surface area (Å²) >= 11 is 0. The van der Waals surface area contributed by atoms with Gasteiger partial charge in [-0.3, -0.25) is 4.79 Å². The maximum Gasteiger partial charge on any atom is 0.416 e. The monoisotopic (exact) mass is 458 g/mol. The molecule has 2 aromatic rings. The van der Waals surface area contributed by atoms with E-state index in [-0.39, 0.29) is 29.2 Å². The van der Waals surface area contributed by atoms with Gasteiger partial charge in [0.2, 0.25) is 10.0 Å². The van der Waals surface area contributed by atoms with Gasteiger partial charge in [0.1, 0.15) is 0 Å². The number of hydrogen-bond acceptors (Lipinski definition) is 5. The summed E-state index contributed by atoms with van der Waals surface area (Å²) < 4.78 is 70.0. The predicted molar refractivity (Wildman–Crippen MR) is 107 cm³/mol. The molecule has 2 rings (SSSR count). The topological polar surface area (TPSA) is 92.8 Å². The largest absolute Gasteiger partial charge is 0.465 e. The molecule has 0 saturated heterocycles. The van der Waals surface area contributed by atoms with Crippen LogP contribution in [-0.2, 0) is 20.9 Å². The van der Waals surface area contributed by atoms with Crippen molar-refractivity contribution in [1.82, 2.24) is 4.31 Å². The van der Waals surface area contributed by atoms with Crippen LogP contribution in [0.1, 0.15) is 40.1 Å². The van der Waals surface area contributed by atoms with Crippen LogP contribution in [0, 0.1) is 0 Å². The number of halogens is 3. The predicted octanol–water partition coefficient (Wildman–Crippen LogP) is 3.77. The summed E-state index contributed by atoms with van der Waals surface area (Å²) in [6.45, 7) is 3.83. The van der Waals surface area contributed by atoms with Crippen LogP contribution in [0.25, 0.3) is 0 Å². The second kappa shape index (κ2) is 9.48. The number of rotatable bonds is 7. The summed E-state index contributed by atoms with van der Waals surface area (Å²) in [5, 5.41) is 2.34. The molecule has 0 fully saturated rings. The van der Waals surface area contributed by atoms with Crippen molar-refractivity contribution < 1.29 is 35.9 Å². The molecule has 0 saturated carbocycles. The number of anilines is 1. The highest BCUT2D eigenvalue weighted by atomic mass is 32.2. The number of sulfonamides is 1. The zero-order valence-electron chi connectivity index (χ0n) is 17.0. The number of amides is 1. The average Bonchev–Trinajstić information content (AvgIpc) is 2.73. The lowest BCUT2D eigenvalue weighted by molar-refractivity contribution is -0.137. The molecule has 31 heavy (non-hydrogen) atoms. The Hall–Kier alpha value is -2.92. The molecule has 0 aromatic heterocycles. The number of benzene rings is 2. The number of nitrogens with one attached hydrogen (secondary N) is 1. The minimum atomic E-state index is -4.70. The van der Waals surface area contributed by atoms with Gasteiger partial charge in [0.05, 0.1) is 28.8 Å². The van der Waals surface area contributed by atoms with Gasteiger partial charge in [0.15, 0.2) is 0 Å². The SMILES string of the molecule is CCN(CC)S(=O)(=O)c1cccc(C(=O)Nc2ccc(C(F)(F)F)cc2C(=O)OC)c1. The highest BCUT2D eigenvalue weighted by Gasteiger charge is 2.32. The van der Waals surface area contributed by atoms with Gasteiger partial charge in [-0.25, -0.2) is 13.2 Å². The summed E-state index contributed by atoms with van der Waals surface area (Å²) in [4.78, 5) is 24.5. The molecule has 2 aromatic carbocycles. The highest BCUT2D eigenvalue weighted by Crippen LogP contribution is 2.32. The Morgan fingerprint density at radius 3 is 2.26 bits per heavy atom. The Balaban J connectivity index is 2.41.